The Morgan fingerprint density at radius 1 is 1.36 bits per heavy atom. The van der Waals surface area contributed by atoms with Crippen LogP contribution >= 0.6 is 11.6 Å². The number of carbonyl (C=O) groups is 1. The molecule has 2 heterocycles. The lowest BCUT2D eigenvalue weighted by Crippen LogP contribution is -2.29. The molecule has 2 atom stereocenters. The monoisotopic (exact) mass is 367 g/mol. The summed E-state index contributed by atoms with van der Waals surface area (Å²) < 4.78 is 22.0. The van der Waals surface area contributed by atoms with E-state index < -0.39 is 24.4 Å². The van der Waals surface area contributed by atoms with Crippen molar-refractivity contribution in [2.75, 3.05) is 18.9 Å². The van der Waals surface area contributed by atoms with Crippen molar-refractivity contribution in [3.8, 4) is 5.75 Å². The lowest BCUT2D eigenvalue weighted by atomic mass is 10.3. The van der Waals surface area contributed by atoms with E-state index in [1.807, 2.05) is 0 Å². The van der Waals surface area contributed by atoms with E-state index in [-0.39, 0.29) is 19.0 Å². The number of hydrogen-bond acceptors (Lipinski definition) is 8. The molecule has 1 aliphatic heterocycles. The Kier molecular flexibility index (Phi) is 5.17. The van der Waals surface area contributed by atoms with Gasteiger partial charge in [-0.3, -0.25) is 4.57 Å². The summed E-state index contributed by atoms with van der Waals surface area (Å²) in [5.41, 5.74) is 4.87. The van der Waals surface area contributed by atoms with Gasteiger partial charge in [0.2, 0.25) is 0 Å². The molecular formula is C15H14ClN3O6. The maximum atomic E-state index is 11.7. The van der Waals surface area contributed by atoms with Gasteiger partial charge in [-0.15, -0.1) is 0 Å². The minimum Gasteiger partial charge on any atom is -0.429 e. The van der Waals surface area contributed by atoms with Crippen LogP contribution in [0.2, 0.25) is 5.02 Å². The molecule has 1 aromatic carbocycles. The Morgan fingerprint density at radius 3 is 2.84 bits per heavy atom. The topological polar surface area (TPSA) is 115 Å². The Hall–Kier alpha value is -2.62. The highest BCUT2D eigenvalue weighted by atomic mass is 35.5. The normalized spacial score (nSPS) is 19.6. The molecule has 0 radical (unpaired) electrons. The van der Waals surface area contributed by atoms with Crippen molar-refractivity contribution in [1.82, 2.24) is 9.55 Å². The van der Waals surface area contributed by atoms with Crippen LogP contribution < -0.4 is 16.2 Å². The van der Waals surface area contributed by atoms with Crippen molar-refractivity contribution in [2.24, 2.45) is 0 Å². The summed E-state index contributed by atoms with van der Waals surface area (Å²) in [4.78, 5) is 27.0. The molecule has 0 unspecified atom stereocenters. The Labute approximate surface area is 146 Å². The number of nitrogens with two attached hydrogens (primary N) is 1. The van der Waals surface area contributed by atoms with E-state index in [9.17, 15) is 9.59 Å². The zero-order chi connectivity index (χ0) is 17.8. The second kappa shape index (κ2) is 7.51. The molecule has 0 saturated carbocycles. The van der Waals surface area contributed by atoms with Gasteiger partial charge in [0.15, 0.2) is 12.5 Å². The summed E-state index contributed by atoms with van der Waals surface area (Å²) >= 11 is 5.74. The molecule has 9 nitrogen and oxygen atoms in total. The largest absolute Gasteiger partial charge is 0.514 e. The number of aromatic nitrogens is 2. The van der Waals surface area contributed by atoms with Crippen molar-refractivity contribution < 1.29 is 23.7 Å². The fourth-order valence-electron chi connectivity index (χ4n) is 2.09. The lowest BCUT2D eigenvalue weighted by Gasteiger charge is -2.13. The van der Waals surface area contributed by atoms with Crippen molar-refractivity contribution in [2.45, 2.75) is 12.5 Å². The highest BCUT2D eigenvalue weighted by Crippen LogP contribution is 2.20. The number of ether oxygens (including phenoxy) is 4. The number of hydrogen-bond donors (Lipinski definition) is 1. The number of anilines is 1. The third-order valence-electron chi connectivity index (χ3n) is 3.25. The van der Waals surface area contributed by atoms with Gasteiger partial charge in [0, 0.05) is 11.2 Å². The molecule has 0 amide bonds. The highest BCUT2D eigenvalue weighted by molar-refractivity contribution is 6.30. The van der Waals surface area contributed by atoms with Crippen LogP contribution in [0.3, 0.4) is 0 Å². The summed E-state index contributed by atoms with van der Waals surface area (Å²) in [5.74, 6) is 0.407. The Bertz CT molecular complexity index is 810. The van der Waals surface area contributed by atoms with Crippen LogP contribution in [0.25, 0.3) is 0 Å². The van der Waals surface area contributed by atoms with Gasteiger partial charge in [0.25, 0.3) is 0 Å². The highest BCUT2D eigenvalue weighted by Gasteiger charge is 2.29. The number of halogens is 1. The van der Waals surface area contributed by atoms with Gasteiger partial charge >= 0.3 is 11.8 Å². The zero-order valence-corrected chi connectivity index (χ0v) is 13.6. The summed E-state index contributed by atoms with van der Waals surface area (Å²) in [6.45, 7) is -0.0914. The molecule has 10 heteroatoms. The van der Waals surface area contributed by atoms with E-state index in [1.165, 1.54) is 29.0 Å². The van der Waals surface area contributed by atoms with Crippen molar-refractivity contribution >= 4 is 23.6 Å². The molecule has 0 spiro atoms. The van der Waals surface area contributed by atoms with Crippen molar-refractivity contribution in [3.63, 3.8) is 0 Å². The maximum Gasteiger partial charge on any atom is 0.514 e. The lowest BCUT2D eigenvalue weighted by molar-refractivity contribution is -0.105. The van der Waals surface area contributed by atoms with Gasteiger partial charge in [-0.1, -0.05) is 11.6 Å². The maximum absolute atomic E-state index is 11.7. The first-order valence-electron chi connectivity index (χ1n) is 7.23. The summed E-state index contributed by atoms with van der Waals surface area (Å²) in [6, 6.07) is 7.69. The van der Waals surface area contributed by atoms with Gasteiger partial charge in [0.1, 0.15) is 18.2 Å². The first-order valence-corrected chi connectivity index (χ1v) is 7.61. The molecule has 1 fully saturated rings. The standard InChI is InChI=1S/C15H14ClN3O6/c16-9-1-3-10(4-2-9)24-15(21)23-8-13-22-7-12(25-13)19-6-5-11(17)18-14(19)20/h1-6,12-13H,7-8H2,(H2,17,18,20)/t12-,13-/m0/s1. The number of rotatable bonds is 4. The molecule has 1 aliphatic rings. The fourth-order valence-corrected chi connectivity index (χ4v) is 2.21. The molecule has 1 aromatic heterocycles. The van der Waals surface area contributed by atoms with Gasteiger partial charge in [-0.2, -0.15) is 4.98 Å². The van der Waals surface area contributed by atoms with E-state index in [1.54, 1.807) is 12.1 Å². The summed E-state index contributed by atoms with van der Waals surface area (Å²) in [5, 5.41) is 0.520. The van der Waals surface area contributed by atoms with Crippen LogP contribution in [-0.4, -0.2) is 35.2 Å². The van der Waals surface area contributed by atoms with E-state index in [4.69, 9.17) is 36.3 Å². The van der Waals surface area contributed by atoms with E-state index in [0.717, 1.165) is 0 Å². The molecular weight excluding hydrogens is 354 g/mol. The number of carbonyl (C=O) groups excluding carboxylic acids is 1. The number of nitrogens with zero attached hydrogens (tertiary/aromatic N) is 2. The van der Waals surface area contributed by atoms with Gasteiger partial charge in [0.05, 0.1) is 6.61 Å². The molecule has 3 rings (SSSR count). The minimum atomic E-state index is -0.913. The minimum absolute atomic E-state index is 0.103. The average molecular weight is 368 g/mol. The van der Waals surface area contributed by atoms with Crippen LogP contribution in [0.5, 0.6) is 5.75 Å². The molecule has 0 aliphatic carbocycles. The average Bonchev–Trinajstić information content (AvgIpc) is 3.04. The van der Waals surface area contributed by atoms with E-state index >= 15 is 0 Å². The fraction of sp³-hybridized carbons (Fsp3) is 0.267. The quantitative estimate of drug-likeness (QED) is 0.639. The first-order chi connectivity index (χ1) is 12.0. The molecule has 2 aromatic rings. The second-order valence-electron chi connectivity index (χ2n) is 5.01. The second-order valence-corrected chi connectivity index (χ2v) is 5.45. The summed E-state index contributed by atoms with van der Waals surface area (Å²) in [6.07, 6.45) is -0.963. The summed E-state index contributed by atoms with van der Waals surface area (Å²) in [7, 11) is 0. The molecule has 0 bridgehead atoms. The molecule has 132 valence electrons. The zero-order valence-electron chi connectivity index (χ0n) is 12.8. The van der Waals surface area contributed by atoms with Crippen LogP contribution in [0.4, 0.5) is 10.6 Å². The van der Waals surface area contributed by atoms with E-state index in [0.29, 0.717) is 10.8 Å². The van der Waals surface area contributed by atoms with E-state index in [2.05, 4.69) is 4.98 Å². The first kappa shape index (κ1) is 17.2. The predicted molar refractivity (Wildman–Crippen MR) is 86.2 cm³/mol. The van der Waals surface area contributed by atoms with Crippen LogP contribution in [0, 0.1) is 0 Å². The third kappa shape index (κ3) is 4.47. The van der Waals surface area contributed by atoms with Crippen molar-refractivity contribution in [3.05, 3.63) is 52.0 Å². The van der Waals surface area contributed by atoms with Gasteiger partial charge in [-0.05, 0) is 30.3 Å². The van der Waals surface area contributed by atoms with Crippen LogP contribution in [-0.2, 0) is 14.2 Å². The Morgan fingerprint density at radius 2 is 2.12 bits per heavy atom. The molecule has 1 saturated heterocycles. The smallest absolute Gasteiger partial charge is 0.429 e. The van der Waals surface area contributed by atoms with Crippen LogP contribution in [0.15, 0.2) is 41.3 Å². The van der Waals surface area contributed by atoms with Gasteiger partial charge in [-0.25, -0.2) is 9.59 Å². The van der Waals surface area contributed by atoms with Gasteiger partial charge < -0.3 is 24.7 Å². The number of nitrogen functional groups attached to an aromatic ring is 1. The molecule has 25 heavy (non-hydrogen) atoms. The predicted octanol–water partition coefficient (Wildman–Crippen LogP) is 1.57. The van der Waals surface area contributed by atoms with Crippen LogP contribution in [0.1, 0.15) is 6.23 Å². The third-order valence-corrected chi connectivity index (χ3v) is 3.50. The Balaban J connectivity index is 1.49. The molecule has 2 N–H and O–H groups in total. The number of benzene rings is 1. The SMILES string of the molecule is Nc1ccn([C@@H]2CO[C@H](COC(=O)Oc3ccc(Cl)cc3)O2)c(=O)n1. The van der Waals surface area contributed by atoms with Crippen molar-refractivity contribution in [1.29, 1.82) is 0 Å².